The summed E-state index contributed by atoms with van der Waals surface area (Å²) in [5.41, 5.74) is 9.81. The minimum atomic E-state index is 0.597. The Morgan fingerprint density at radius 1 is 1.20 bits per heavy atom. The van der Waals surface area contributed by atoms with Crippen LogP contribution in [0.15, 0.2) is 35.7 Å². The lowest BCUT2D eigenvalue weighted by Crippen LogP contribution is -2.29. The molecule has 0 amide bonds. The van der Waals surface area contributed by atoms with Crippen LogP contribution in [0.4, 0.5) is 5.69 Å². The summed E-state index contributed by atoms with van der Waals surface area (Å²) in [4.78, 5) is 4.22. The third kappa shape index (κ3) is 2.25. The number of benzene rings is 1. The van der Waals surface area contributed by atoms with Gasteiger partial charge in [-0.3, -0.25) is 4.90 Å². The van der Waals surface area contributed by atoms with Crippen molar-refractivity contribution in [3.8, 4) is 0 Å². The van der Waals surface area contributed by atoms with Crippen molar-refractivity contribution in [3.63, 3.8) is 0 Å². The van der Waals surface area contributed by atoms with Gasteiger partial charge in [-0.05, 0) is 60.4 Å². The third-order valence-corrected chi connectivity index (χ3v) is 5.41. The van der Waals surface area contributed by atoms with E-state index in [4.69, 9.17) is 5.73 Å². The van der Waals surface area contributed by atoms with Gasteiger partial charge >= 0.3 is 0 Å². The predicted molar refractivity (Wildman–Crippen MR) is 84.8 cm³/mol. The fourth-order valence-corrected chi connectivity index (χ4v) is 4.15. The molecule has 1 aromatic carbocycles. The van der Waals surface area contributed by atoms with Crippen molar-refractivity contribution in [1.29, 1.82) is 0 Å². The number of nitrogens with zero attached hydrogens (tertiary/aromatic N) is 1. The second-order valence-electron chi connectivity index (χ2n) is 6.00. The van der Waals surface area contributed by atoms with Crippen LogP contribution in [0.1, 0.15) is 41.3 Å². The fourth-order valence-electron chi connectivity index (χ4n) is 3.44. The van der Waals surface area contributed by atoms with Crippen LogP contribution >= 0.6 is 11.3 Å². The van der Waals surface area contributed by atoms with E-state index in [0.29, 0.717) is 6.04 Å². The summed E-state index contributed by atoms with van der Waals surface area (Å²) in [5, 5.41) is 2.18. The minimum absolute atomic E-state index is 0.597. The Morgan fingerprint density at radius 3 is 2.85 bits per heavy atom. The molecule has 0 spiro atoms. The van der Waals surface area contributed by atoms with Crippen LogP contribution in [0.2, 0.25) is 0 Å². The van der Waals surface area contributed by atoms with E-state index in [1.807, 2.05) is 11.3 Å². The number of rotatable bonds is 4. The highest BCUT2D eigenvalue weighted by Crippen LogP contribution is 2.43. The smallest absolute Gasteiger partial charge is 0.0360 e. The predicted octanol–water partition coefficient (Wildman–Crippen LogP) is 3.98. The molecular formula is C17H20N2S. The molecule has 1 heterocycles. The second-order valence-corrected chi connectivity index (χ2v) is 7.03. The highest BCUT2D eigenvalue weighted by molar-refractivity contribution is 7.09. The summed E-state index contributed by atoms with van der Waals surface area (Å²) in [6.07, 6.45) is 5.16. The first-order valence-corrected chi connectivity index (χ1v) is 8.35. The van der Waals surface area contributed by atoms with Crippen LogP contribution in [0, 0.1) is 0 Å². The van der Waals surface area contributed by atoms with Gasteiger partial charge in [0.1, 0.15) is 0 Å². The molecule has 2 N–H and O–H groups in total. The lowest BCUT2D eigenvalue weighted by Gasteiger charge is -2.29. The number of aryl methyl sites for hydroxylation is 1. The first-order valence-electron chi connectivity index (χ1n) is 7.48. The van der Waals surface area contributed by atoms with Gasteiger partial charge < -0.3 is 5.73 Å². The summed E-state index contributed by atoms with van der Waals surface area (Å²) in [7, 11) is 0. The molecule has 0 bridgehead atoms. The molecule has 0 radical (unpaired) electrons. The van der Waals surface area contributed by atoms with Crippen LogP contribution in [0.5, 0.6) is 0 Å². The molecule has 0 aliphatic heterocycles. The van der Waals surface area contributed by atoms with Gasteiger partial charge in [-0.25, -0.2) is 0 Å². The van der Waals surface area contributed by atoms with Crippen molar-refractivity contribution in [3.05, 3.63) is 51.7 Å². The Morgan fingerprint density at radius 2 is 2.10 bits per heavy atom. The Balaban J connectivity index is 1.62. The normalized spacial score (nSPS) is 21.4. The number of anilines is 1. The van der Waals surface area contributed by atoms with Crippen LogP contribution in [0.25, 0.3) is 0 Å². The zero-order valence-electron chi connectivity index (χ0n) is 11.6. The monoisotopic (exact) mass is 284 g/mol. The number of fused-ring (bicyclic) bond motifs is 1. The number of thiophene rings is 1. The fraction of sp³-hybridized carbons (Fsp3) is 0.412. The molecule has 3 heteroatoms. The standard InChI is InChI=1S/C17H20N2S/c18-13-4-7-16-12(10-13)3-8-17(16)19(14-5-6-14)11-15-2-1-9-20-15/h1-2,4,7,9-10,14,17H,3,5-6,8,11,18H2. The van der Waals surface area contributed by atoms with Crippen LogP contribution in [0.3, 0.4) is 0 Å². The van der Waals surface area contributed by atoms with Crippen molar-refractivity contribution < 1.29 is 0 Å². The van der Waals surface area contributed by atoms with Crippen molar-refractivity contribution in [2.24, 2.45) is 0 Å². The first-order chi connectivity index (χ1) is 9.81. The summed E-state index contributed by atoms with van der Waals surface area (Å²) >= 11 is 1.88. The SMILES string of the molecule is Nc1ccc2c(c1)CCC2N(Cc1cccs1)C1CC1. The third-order valence-electron chi connectivity index (χ3n) is 4.55. The maximum Gasteiger partial charge on any atom is 0.0360 e. The van der Waals surface area contributed by atoms with Gasteiger partial charge in [-0.2, -0.15) is 0 Å². The van der Waals surface area contributed by atoms with Crippen LogP contribution in [-0.2, 0) is 13.0 Å². The minimum Gasteiger partial charge on any atom is -0.399 e. The summed E-state index contributed by atoms with van der Waals surface area (Å²) in [6.45, 7) is 1.11. The first kappa shape index (κ1) is 12.4. The van der Waals surface area contributed by atoms with E-state index in [9.17, 15) is 0 Å². The van der Waals surface area contributed by atoms with E-state index in [0.717, 1.165) is 18.3 Å². The zero-order chi connectivity index (χ0) is 13.5. The highest BCUT2D eigenvalue weighted by atomic mass is 32.1. The summed E-state index contributed by atoms with van der Waals surface area (Å²) in [5.74, 6) is 0. The van der Waals surface area contributed by atoms with E-state index in [2.05, 4.69) is 40.6 Å². The Labute approximate surface area is 124 Å². The molecule has 0 saturated heterocycles. The lowest BCUT2D eigenvalue weighted by molar-refractivity contribution is 0.179. The van der Waals surface area contributed by atoms with Crippen molar-refractivity contribution in [2.45, 2.75) is 44.3 Å². The Hall–Kier alpha value is -1.32. The van der Waals surface area contributed by atoms with E-state index >= 15 is 0 Å². The van der Waals surface area contributed by atoms with E-state index in [1.54, 1.807) is 0 Å². The van der Waals surface area contributed by atoms with E-state index in [-0.39, 0.29) is 0 Å². The maximum absolute atomic E-state index is 5.92. The van der Waals surface area contributed by atoms with Gasteiger partial charge in [0.2, 0.25) is 0 Å². The molecule has 1 atom stereocenters. The molecule has 1 saturated carbocycles. The maximum atomic E-state index is 5.92. The lowest BCUT2D eigenvalue weighted by atomic mass is 10.1. The highest BCUT2D eigenvalue weighted by Gasteiger charge is 2.37. The molecule has 2 aliphatic carbocycles. The Kier molecular flexibility index (Phi) is 3.04. The molecule has 2 aliphatic rings. The molecule has 2 nitrogen and oxygen atoms in total. The molecule has 104 valence electrons. The summed E-state index contributed by atoms with van der Waals surface area (Å²) < 4.78 is 0. The molecule has 4 rings (SSSR count). The zero-order valence-corrected chi connectivity index (χ0v) is 12.4. The average molecular weight is 284 g/mol. The van der Waals surface area contributed by atoms with Gasteiger partial charge in [0.15, 0.2) is 0 Å². The number of nitrogen functional groups attached to an aromatic ring is 1. The average Bonchev–Trinajstić information content (AvgIpc) is 3.00. The summed E-state index contributed by atoms with van der Waals surface area (Å²) in [6, 6.07) is 12.3. The van der Waals surface area contributed by atoms with E-state index in [1.165, 1.54) is 41.7 Å². The number of nitrogens with two attached hydrogens (primary N) is 1. The van der Waals surface area contributed by atoms with Gasteiger partial charge in [0.25, 0.3) is 0 Å². The van der Waals surface area contributed by atoms with Crippen molar-refractivity contribution >= 4 is 17.0 Å². The molecular weight excluding hydrogens is 264 g/mol. The largest absolute Gasteiger partial charge is 0.399 e. The van der Waals surface area contributed by atoms with Gasteiger partial charge in [-0.15, -0.1) is 11.3 Å². The second kappa shape index (κ2) is 4.90. The van der Waals surface area contributed by atoms with Gasteiger partial charge in [0.05, 0.1) is 0 Å². The van der Waals surface area contributed by atoms with Gasteiger partial charge in [0, 0.05) is 29.2 Å². The van der Waals surface area contributed by atoms with Crippen molar-refractivity contribution in [1.82, 2.24) is 4.90 Å². The van der Waals surface area contributed by atoms with Crippen LogP contribution < -0.4 is 5.73 Å². The molecule has 1 aromatic heterocycles. The topological polar surface area (TPSA) is 29.3 Å². The molecule has 2 aromatic rings. The van der Waals surface area contributed by atoms with Crippen molar-refractivity contribution in [2.75, 3.05) is 5.73 Å². The Bertz CT molecular complexity index is 601. The van der Waals surface area contributed by atoms with Gasteiger partial charge in [-0.1, -0.05) is 12.1 Å². The molecule has 1 fully saturated rings. The van der Waals surface area contributed by atoms with Crippen LogP contribution in [-0.4, -0.2) is 10.9 Å². The quantitative estimate of drug-likeness (QED) is 0.860. The molecule has 20 heavy (non-hydrogen) atoms. The number of hydrogen-bond donors (Lipinski definition) is 1. The van der Waals surface area contributed by atoms with E-state index < -0.39 is 0 Å². The number of hydrogen-bond acceptors (Lipinski definition) is 3. The molecule has 1 unspecified atom stereocenters.